The summed E-state index contributed by atoms with van der Waals surface area (Å²) < 4.78 is 10.0. The van der Waals surface area contributed by atoms with Gasteiger partial charge in [0.1, 0.15) is 6.04 Å². The predicted octanol–water partition coefficient (Wildman–Crippen LogP) is 1.62. The van der Waals surface area contributed by atoms with Crippen molar-refractivity contribution in [1.82, 2.24) is 4.90 Å². The molecule has 1 aliphatic rings. The van der Waals surface area contributed by atoms with Crippen LogP contribution in [-0.2, 0) is 20.8 Å². The molecule has 2 rings (SSSR count). The van der Waals surface area contributed by atoms with Crippen LogP contribution in [0.2, 0.25) is 5.02 Å². The third-order valence-corrected chi connectivity index (χ3v) is 3.57. The van der Waals surface area contributed by atoms with Crippen molar-refractivity contribution in [2.24, 2.45) is 0 Å². The second kappa shape index (κ2) is 6.84. The Morgan fingerprint density at radius 1 is 1.62 bits per heavy atom. The molecule has 7 nitrogen and oxygen atoms in total. The van der Waals surface area contributed by atoms with Crippen LogP contribution in [-0.4, -0.2) is 48.7 Å². The zero-order valence-corrected chi connectivity index (χ0v) is 12.2. The zero-order chi connectivity index (χ0) is 15.4. The number of carbonyl (C=O) groups excluding carboxylic acids is 1. The molecule has 0 N–H and O–H groups in total. The standard InChI is InChI=1S/C13H15ClN2O5/c1-20-13(17)12-8-21-5-4-15(12)7-9-2-3-10(14)6-11(9)16(18)19/h2-3,6,12H,4-5,7-8H2,1H3. The van der Waals surface area contributed by atoms with E-state index >= 15 is 0 Å². The van der Waals surface area contributed by atoms with Crippen LogP contribution in [0.3, 0.4) is 0 Å². The number of hydrogen-bond acceptors (Lipinski definition) is 6. The first-order valence-corrected chi connectivity index (χ1v) is 6.73. The molecule has 0 saturated carbocycles. The Labute approximate surface area is 126 Å². The molecule has 0 bridgehead atoms. The maximum Gasteiger partial charge on any atom is 0.325 e. The Bertz CT molecular complexity index is 551. The summed E-state index contributed by atoms with van der Waals surface area (Å²) in [6.07, 6.45) is 0. The third-order valence-electron chi connectivity index (χ3n) is 3.33. The van der Waals surface area contributed by atoms with E-state index in [0.717, 1.165) is 0 Å². The molecule has 1 fully saturated rings. The van der Waals surface area contributed by atoms with E-state index in [1.165, 1.54) is 13.2 Å². The molecular formula is C13H15ClN2O5. The SMILES string of the molecule is COC(=O)C1COCCN1Cc1ccc(Cl)cc1[N+](=O)[O-]. The summed E-state index contributed by atoms with van der Waals surface area (Å²) in [6, 6.07) is 3.95. The highest BCUT2D eigenvalue weighted by molar-refractivity contribution is 6.30. The lowest BCUT2D eigenvalue weighted by Crippen LogP contribution is -2.49. The molecule has 114 valence electrons. The van der Waals surface area contributed by atoms with Crippen molar-refractivity contribution < 1.29 is 19.2 Å². The maximum absolute atomic E-state index is 11.7. The summed E-state index contributed by atoms with van der Waals surface area (Å²) in [4.78, 5) is 24.2. The van der Waals surface area contributed by atoms with E-state index in [9.17, 15) is 14.9 Å². The predicted molar refractivity (Wildman–Crippen MR) is 75.1 cm³/mol. The van der Waals surface area contributed by atoms with Crippen molar-refractivity contribution >= 4 is 23.3 Å². The van der Waals surface area contributed by atoms with Gasteiger partial charge in [-0.25, -0.2) is 0 Å². The minimum atomic E-state index is -0.556. The normalized spacial score (nSPS) is 19.2. The van der Waals surface area contributed by atoms with Crippen LogP contribution in [0.15, 0.2) is 18.2 Å². The molecule has 1 aromatic carbocycles. The van der Waals surface area contributed by atoms with Crippen molar-refractivity contribution in [2.45, 2.75) is 12.6 Å². The number of hydrogen-bond donors (Lipinski definition) is 0. The first kappa shape index (κ1) is 15.7. The van der Waals surface area contributed by atoms with Gasteiger partial charge in [-0.15, -0.1) is 0 Å². The highest BCUT2D eigenvalue weighted by atomic mass is 35.5. The lowest BCUT2D eigenvalue weighted by molar-refractivity contribution is -0.385. The second-order valence-electron chi connectivity index (χ2n) is 4.61. The van der Waals surface area contributed by atoms with Crippen molar-refractivity contribution in [1.29, 1.82) is 0 Å². The smallest absolute Gasteiger partial charge is 0.325 e. The van der Waals surface area contributed by atoms with Crippen molar-refractivity contribution in [3.63, 3.8) is 0 Å². The van der Waals surface area contributed by atoms with E-state index < -0.39 is 16.9 Å². The number of halogens is 1. The molecule has 8 heteroatoms. The summed E-state index contributed by atoms with van der Waals surface area (Å²) in [6.45, 7) is 1.44. The zero-order valence-electron chi connectivity index (χ0n) is 11.5. The van der Waals surface area contributed by atoms with Gasteiger partial charge in [-0.2, -0.15) is 0 Å². The van der Waals surface area contributed by atoms with Gasteiger partial charge < -0.3 is 9.47 Å². The average molecular weight is 315 g/mol. The molecule has 1 aliphatic heterocycles. The van der Waals surface area contributed by atoms with E-state index in [4.69, 9.17) is 21.1 Å². The van der Waals surface area contributed by atoms with Crippen molar-refractivity contribution in [3.05, 3.63) is 38.9 Å². The first-order valence-electron chi connectivity index (χ1n) is 6.35. The molecule has 0 amide bonds. The Kier molecular flexibility index (Phi) is 5.11. The summed E-state index contributed by atoms with van der Waals surface area (Å²) in [5.74, 6) is -0.411. The molecule has 0 aliphatic carbocycles. The quantitative estimate of drug-likeness (QED) is 0.477. The summed E-state index contributed by atoms with van der Waals surface area (Å²) in [7, 11) is 1.31. The lowest BCUT2D eigenvalue weighted by atomic mass is 10.1. The minimum Gasteiger partial charge on any atom is -0.468 e. The summed E-state index contributed by atoms with van der Waals surface area (Å²) in [5, 5.41) is 11.4. The molecule has 1 atom stereocenters. The highest BCUT2D eigenvalue weighted by Crippen LogP contribution is 2.25. The number of esters is 1. The number of methoxy groups -OCH3 is 1. The number of carbonyl (C=O) groups is 1. The van der Waals surface area contributed by atoms with Gasteiger partial charge in [0.05, 0.1) is 25.2 Å². The summed E-state index contributed by atoms with van der Waals surface area (Å²) >= 11 is 5.79. The van der Waals surface area contributed by atoms with Gasteiger partial charge in [-0.05, 0) is 12.1 Å². The van der Waals surface area contributed by atoms with Crippen LogP contribution >= 0.6 is 11.6 Å². The topological polar surface area (TPSA) is 81.9 Å². The Balaban J connectivity index is 2.23. The van der Waals surface area contributed by atoms with Gasteiger partial charge in [0, 0.05) is 29.7 Å². The number of ether oxygens (including phenoxy) is 2. The Hall–Kier alpha value is -1.70. The van der Waals surface area contributed by atoms with Gasteiger partial charge in [-0.1, -0.05) is 11.6 Å². The van der Waals surface area contributed by atoms with Crippen molar-refractivity contribution in [2.75, 3.05) is 26.9 Å². The van der Waals surface area contributed by atoms with Gasteiger partial charge in [0.15, 0.2) is 0 Å². The van der Waals surface area contributed by atoms with Crippen molar-refractivity contribution in [3.8, 4) is 0 Å². The number of nitro groups is 1. The Morgan fingerprint density at radius 2 is 2.38 bits per heavy atom. The molecular weight excluding hydrogens is 300 g/mol. The molecule has 1 unspecified atom stereocenters. The number of benzene rings is 1. The third kappa shape index (κ3) is 3.69. The number of nitrogens with zero attached hydrogens (tertiary/aromatic N) is 2. The van der Waals surface area contributed by atoms with Crippen LogP contribution in [0.25, 0.3) is 0 Å². The van der Waals surface area contributed by atoms with Crippen LogP contribution in [0.1, 0.15) is 5.56 Å². The van der Waals surface area contributed by atoms with Crippen LogP contribution < -0.4 is 0 Å². The molecule has 0 spiro atoms. The number of morpholine rings is 1. The fraction of sp³-hybridized carbons (Fsp3) is 0.462. The van der Waals surface area contributed by atoms with Gasteiger partial charge in [-0.3, -0.25) is 19.8 Å². The van der Waals surface area contributed by atoms with Crippen LogP contribution in [0.4, 0.5) is 5.69 Å². The fourth-order valence-electron chi connectivity index (χ4n) is 2.24. The molecule has 1 aromatic rings. The van der Waals surface area contributed by atoms with E-state index in [2.05, 4.69) is 0 Å². The van der Waals surface area contributed by atoms with Crippen LogP contribution in [0.5, 0.6) is 0 Å². The molecule has 21 heavy (non-hydrogen) atoms. The van der Waals surface area contributed by atoms with E-state index in [1.54, 1.807) is 12.1 Å². The number of rotatable bonds is 4. The van der Waals surface area contributed by atoms with Crippen LogP contribution in [0, 0.1) is 10.1 Å². The first-order chi connectivity index (χ1) is 10.0. The van der Waals surface area contributed by atoms with Gasteiger partial charge >= 0.3 is 5.97 Å². The second-order valence-corrected chi connectivity index (χ2v) is 5.05. The Morgan fingerprint density at radius 3 is 3.05 bits per heavy atom. The van der Waals surface area contributed by atoms with E-state index in [1.807, 2.05) is 4.90 Å². The van der Waals surface area contributed by atoms with Gasteiger partial charge in [0.2, 0.25) is 0 Å². The average Bonchev–Trinajstić information content (AvgIpc) is 2.48. The number of nitro benzene ring substituents is 1. The molecule has 0 radical (unpaired) electrons. The molecule has 1 heterocycles. The highest BCUT2D eigenvalue weighted by Gasteiger charge is 2.31. The minimum absolute atomic E-state index is 0.0578. The molecule has 1 saturated heterocycles. The van der Waals surface area contributed by atoms with Gasteiger partial charge in [0.25, 0.3) is 5.69 Å². The monoisotopic (exact) mass is 314 g/mol. The fourth-order valence-corrected chi connectivity index (χ4v) is 2.41. The van der Waals surface area contributed by atoms with E-state index in [-0.39, 0.29) is 18.8 Å². The lowest BCUT2D eigenvalue weighted by Gasteiger charge is -2.33. The molecule has 0 aromatic heterocycles. The largest absolute Gasteiger partial charge is 0.468 e. The summed E-state index contributed by atoms with van der Waals surface area (Å²) in [5.41, 5.74) is 0.442. The maximum atomic E-state index is 11.7. The van der Waals surface area contributed by atoms with E-state index in [0.29, 0.717) is 23.7 Å².